The minimum absolute atomic E-state index is 0.357. The van der Waals surface area contributed by atoms with E-state index in [0.29, 0.717) is 16.7 Å². The molecule has 2 rings (SSSR count). The third-order valence-electron chi connectivity index (χ3n) is 3.83. The minimum Gasteiger partial charge on any atom is -0.267 e. The lowest BCUT2D eigenvalue weighted by Gasteiger charge is -2.39. The van der Waals surface area contributed by atoms with Crippen molar-refractivity contribution in [3.05, 3.63) is 69.7 Å². The molecule has 2 aromatic carbocycles. The smallest absolute Gasteiger partial charge is 0.267 e. The van der Waals surface area contributed by atoms with Gasteiger partial charge >= 0.3 is 0 Å². The van der Waals surface area contributed by atoms with Gasteiger partial charge in [-0.25, -0.2) is 5.01 Å². The third-order valence-corrected chi connectivity index (χ3v) is 4.69. The maximum Gasteiger partial charge on any atom is 0.286 e. The number of nitrogens with zero attached hydrogens (tertiary/aromatic N) is 3. The Morgan fingerprint density at radius 2 is 1.62 bits per heavy atom. The number of benzene rings is 2. The number of nitriles is 1. The van der Waals surface area contributed by atoms with Gasteiger partial charge in [0.25, 0.3) is 11.8 Å². The molecule has 0 bridgehead atoms. The van der Waals surface area contributed by atoms with E-state index in [4.69, 9.17) is 0 Å². The lowest BCUT2D eigenvalue weighted by molar-refractivity contribution is -0.0167. The van der Waals surface area contributed by atoms with E-state index in [1.165, 1.54) is 5.01 Å². The van der Waals surface area contributed by atoms with Crippen molar-refractivity contribution >= 4 is 27.7 Å². The van der Waals surface area contributed by atoms with Crippen LogP contribution in [0.4, 0.5) is 0 Å². The molecule has 0 atom stereocenters. The molecule has 5 nitrogen and oxygen atoms in total. The van der Waals surface area contributed by atoms with E-state index in [-0.39, 0.29) is 0 Å². The zero-order valence-electron chi connectivity index (χ0n) is 15.2. The van der Waals surface area contributed by atoms with Crippen LogP contribution in [0.2, 0.25) is 0 Å². The Hall–Kier alpha value is -2.65. The monoisotopic (exact) mass is 413 g/mol. The SMILES string of the molecule is Cc1c(Br)cccc1C(=O)N(C#N)N(C(=O)c1ccccc1)C(C)(C)C. The highest BCUT2D eigenvalue weighted by Gasteiger charge is 2.37. The van der Waals surface area contributed by atoms with Crippen LogP contribution in [0.3, 0.4) is 0 Å². The number of hydrazine groups is 1. The molecule has 0 aliphatic rings. The van der Waals surface area contributed by atoms with Crippen molar-refractivity contribution in [3.8, 4) is 6.19 Å². The van der Waals surface area contributed by atoms with Gasteiger partial charge in [0.1, 0.15) is 0 Å². The number of carbonyl (C=O) groups excluding carboxylic acids is 2. The summed E-state index contributed by atoms with van der Waals surface area (Å²) in [5, 5.41) is 11.7. The average molecular weight is 414 g/mol. The second-order valence-corrected chi connectivity index (χ2v) is 7.64. The van der Waals surface area contributed by atoms with Gasteiger partial charge in [-0.2, -0.15) is 5.26 Å². The highest BCUT2D eigenvalue weighted by atomic mass is 79.9. The lowest BCUT2D eigenvalue weighted by Crippen LogP contribution is -2.56. The van der Waals surface area contributed by atoms with Gasteiger partial charge in [-0.15, -0.1) is 5.01 Å². The predicted molar refractivity (Wildman–Crippen MR) is 103 cm³/mol. The van der Waals surface area contributed by atoms with E-state index >= 15 is 0 Å². The standard InChI is InChI=1S/C20H20BrN3O2/c1-14-16(11-8-12-17(14)21)19(26)23(13-22)24(20(2,3)4)18(25)15-9-6-5-7-10-15/h5-12H,1-4H3. The molecule has 0 heterocycles. The molecule has 0 aliphatic heterocycles. The molecule has 0 aliphatic carbocycles. The van der Waals surface area contributed by atoms with Crippen LogP contribution in [-0.4, -0.2) is 27.4 Å². The molecule has 0 aromatic heterocycles. The molecule has 0 unspecified atom stereocenters. The summed E-state index contributed by atoms with van der Waals surface area (Å²) >= 11 is 3.39. The van der Waals surface area contributed by atoms with Crippen LogP contribution in [-0.2, 0) is 0 Å². The molecule has 0 saturated heterocycles. The van der Waals surface area contributed by atoms with Crippen LogP contribution in [0.15, 0.2) is 53.0 Å². The summed E-state index contributed by atoms with van der Waals surface area (Å²) in [5.41, 5.74) is 0.689. The van der Waals surface area contributed by atoms with Crippen LogP contribution in [0.25, 0.3) is 0 Å². The summed E-state index contributed by atoms with van der Waals surface area (Å²) in [4.78, 5) is 26.1. The highest BCUT2D eigenvalue weighted by molar-refractivity contribution is 9.10. The zero-order valence-corrected chi connectivity index (χ0v) is 16.7. The lowest BCUT2D eigenvalue weighted by atomic mass is 10.1. The fourth-order valence-electron chi connectivity index (χ4n) is 2.53. The zero-order chi connectivity index (χ0) is 19.5. The van der Waals surface area contributed by atoms with Gasteiger partial charge in [0.05, 0.1) is 5.54 Å². The molecule has 6 heteroatoms. The molecule has 134 valence electrons. The minimum atomic E-state index is -0.780. The van der Waals surface area contributed by atoms with E-state index in [9.17, 15) is 14.9 Å². The van der Waals surface area contributed by atoms with Crippen molar-refractivity contribution in [2.45, 2.75) is 33.2 Å². The number of rotatable bonds is 2. The van der Waals surface area contributed by atoms with Crippen LogP contribution >= 0.6 is 15.9 Å². The second-order valence-electron chi connectivity index (χ2n) is 6.78. The Bertz CT molecular complexity index is 867. The number of halogens is 1. The molecular weight excluding hydrogens is 394 g/mol. The van der Waals surface area contributed by atoms with Gasteiger partial charge in [0, 0.05) is 15.6 Å². The van der Waals surface area contributed by atoms with Crippen LogP contribution in [0.5, 0.6) is 0 Å². The molecule has 0 spiro atoms. The van der Waals surface area contributed by atoms with E-state index < -0.39 is 17.4 Å². The third kappa shape index (κ3) is 3.94. The Labute approximate surface area is 161 Å². The van der Waals surface area contributed by atoms with E-state index in [1.807, 2.05) is 12.3 Å². The molecule has 26 heavy (non-hydrogen) atoms. The van der Waals surface area contributed by atoms with Gasteiger partial charge in [-0.05, 0) is 57.5 Å². The largest absolute Gasteiger partial charge is 0.286 e. The van der Waals surface area contributed by atoms with Crippen LogP contribution < -0.4 is 0 Å². The summed E-state index contributed by atoms with van der Waals surface area (Å²) in [5.74, 6) is -0.967. The molecule has 0 radical (unpaired) electrons. The van der Waals surface area contributed by atoms with Crippen molar-refractivity contribution < 1.29 is 9.59 Å². The van der Waals surface area contributed by atoms with Gasteiger partial charge in [-0.3, -0.25) is 9.59 Å². The van der Waals surface area contributed by atoms with Gasteiger partial charge in [0.2, 0.25) is 6.19 Å². The normalized spacial score (nSPS) is 10.8. The van der Waals surface area contributed by atoms with Crippen LogP contribution in [0.1, 0.15) is 47.1 Å². The second kappa shape index (κ2) is 7.71. The number of carbonyl (C=O) groups is 2. The van der Waals surface area contributed by atoms with Crippen molar-refractivity contribution in [2.75, 3.05) is 0 Å². The fraction of sp³-hybridized carbons (Fsp3) is 0.250. The van der Waals surface area contributed by atoms with Gasteiger partial charge in [-0.1, -0.05) is 40.2 Å². The summed E-state index contributed by atoms with van der Waals surface area (Å²) < 4.78 is 0.762. The van der Waals surface area contributed by atoms with Crippen LogP contribution in [0, 0.1) is 18.4 Å². The summed E-state index contributed by atoms with van der Waals surface area (Å²) in [7, 11) is 0. The first-order chi connectivity index (χ1) is 12.2. The first-order valence-electron chi connectivity index (χ1n) is 8.07. The Kier molecular flexibility index (Phi) is 5.83. The van der Waals surface area contributed by atoms with Gasteiger partial charge in [0.15, 0.2) is 0 Å². The fourth-order valence-corrected chi connectivity index (χ4v) is 2.90. The molecular formula is C20H20BrN3O2. The average Bonchev–Trinajstić information content (AvgIpc) is 2.60. The van der Waals surface area contributed by atoms with E-state index in [0.717, 1.165) is 9.48 Å². The first kappa shape index (κ1) is 19.7. The maximum absolute atomic E-state index is 13.1. The van der Waals surface area contributed by atoms with Crippen molar-refractivity contribution in [1.29, 1.82) is 5.26 Å². The predicted octanol–water partition coefficient (Wildman–Crippen LogP) is 4.54. The summed E-state index contributed by atoms with van der Waals surface area (Å²) in [6, 6.07) is 13.8. The number of amides is 2. The number of hydrogen-bond acceptors (Lipinski definition) is 3. The van der Waals surface area contributed by atoms with Crippen molar-refractivity contribution in [2.24, 2.45) is 0 Å². The van der Waals surface area contributed by atoms with E-state index in [1.54, 1.807) is 70.2 Å². The van der Waals surface area contributed by atoms with Gasteiger partial charge < -0.3 is 0 Å². The highest BCUT2D eigenvalue weighted by Crippen LogP contribution is 2.25. The molecule has 0 fully saturated rings. The Morgan fingerprint density at radius 3 is 2.15 bits per heavy atom. The Balaban J connectivity index is 2.52. The van der Waals surface area contributed by atoms with Crippen molar-refractivity contribution in [3.63, 3.8) is 0 Å². The molecule has 2 aromatic rings. The van der Waals surface area contributed by atoms with Crippen molar-refractivity contribution in [1.82, 2.24) is 10.0 Å². The molecule has 0 N–H and O–H groups in total. The summed E-state index contributed by atoms with van der Waals surface area (Å²) in [6.07, 6.45) is 1.88. The Morgan fingerprint density at radius 1 is 1.00 bits per heavy atom. The topological polar surface area (TPSA) is 64.4 Å². The number of hydrogen-bond donors (Lipinski definition) is 0. The first-order valence-corrected chi connectivity index (χ1v) is 8.86. The summed E-state index contributed by atoms with van der Waals surface area (Å²) in [6.45, 7) is 7.12. The quantitative estimate of drug-likeness (QED) is 0.412. The maximum atomic E-state index is 13.1. The molecule has 0 saturated carbocycles. The van der Waals surface area contributed by atoms with E-state index in [2.05, 4.69) is 15.9 Å². The molecule has 2 amide bonds.